The van der Waals surface area contributed by atoms with Crippen LogP contribution in [-0.2, 0) is 16.8 Å². The number of hydrogen-bond donors (Lipinski definition) is 0. The molecule has 6 heteroatoms. The van der Waals surface area contributed by atoms with E-state index in [0.717, 1.165) is 61.5 Å². The lowest BCUT2D eigenvalue weighted by Crippen LogP contribution is -2.62. The van der Waals surface area contributed by atoms with E-state index >= 15 is 0 Å². The summed E-state index contributed by atoms with van der Waals surface area (Å²) in [6.45, 7) is 2.21. The number of likely N-dealkylation sites (tertiary alicyclic amines) is 1. The quantitative estimate of drug-likeness (QED) is 0.590. The predicted molar refractivity (Wildman–Crippen MR) is 125 cm³/mol. The Morgan fingerprint density at radius 1 is 1.16 bits per heavy atom. The number of amides is 1. The normalized spacial score (nSPS) is 20.4. The molecule has 0 spiro atoms. The molecule has 2 fully saturated rings. The van der Waals surface area contributed by atoms with Gasteiger partial charge in [0.1, 0.15) is 5.82 Å². The van der Waals surface area contributed by atoms with Gasteiger partial charge < -0.3 is 14.5 Å². The van der Waals surface area contributed by atoms with Crippen LogP contribution in [0.25, 0.3) is 0 Å². The standard InChI is InChI=1S/C26H35FN2O2S/c1-29(2,17-14-20-7-5-10-22(27)19-20)23-12-15-28(16-13-23)25(30)26(31,21-8-3-4-9-21)24-11-6-18-32-24/h5-7,10-11,18-19,21,23H,3-4,8-9,12-17H2,1-2H3. The van der Waals surface area contributed by atoms with Crippen LogP contribution >= 0.6 is 11.3 Å². The Bertz CT molecular complexity index is 902. The van der Waals surface area contributed by atoms with E-state index < -0.39 is 5.60 Å². The predicted octanol–water partition coefficient (Wildman–Crippen LogP) is 3.94. The second-order valence-electron chi connectivity index (χ2n) is 10.1. The lowest BCUT2D eigenvalue weighted by atomic mass is 9.82. The smallest absolute Gasteiger partial charge is 0.217 e. The first-order chi connectivity index (χ1) is 15.3. The number of piperidine rings is 1. The average Bonchev–Trinajstić information content (AvgIpc) is 3.52. The SMILES string of the molecule is C[N+](C)(CCc1cccc(F)c1)C1CCN(C(=O)C([O-])(c2cccs2)C2CCCC2)CC1. The van der Waals surface area contributed by atoms with Gasteiger partial charge in [0.2, 0.25) is 5.91 Å². The van der Waals surface area contributed by atoms with Crippen molar-refractivity contribution in [1.82, 2.24) is 4.90 Å². The summed E-state index contributed by atoms with van der Waals surface area (Å²) in [6, 6.07) is 11.0. The molecule has 1 atom stereocenters. The molecule has 1 aliphatic carbocycles. The van der Waals surface area contributed by atoms with Crippen molar-refractivity contribution >= 4 is 17.2 Å². The van der Waals surface area contributed by atoms with E-state index in [0.29, 0.717) is 24.0 Å². The molecule has 1 aromatic heterocycles. The molecular weight excluding hydrogens is 423 g/mol. The molecule has 2 aliphatic rings. The van der Waals surface area contributed by atoms with Crippen molar-refractivity contribution in [3.05, 3.63) is 58.0 Å². The first-order valence-electron chi connectivity index (χ1n) is 11.9. The van der Waals surface area contributed by atoms with Gasteiger partial charge in [-0.15, -0.1) is 11.3 Å². The summed E-state index contributed by atoms with van der Waals surface area (Å²) < 4.78 is 14.3. The van der Waals surface area contributed by atoms with E-state index in [4.69, 9.17) is 0 Å². The number of hydrogen-bond acceptors (Lipinski definition) is 3. The van der Waals surface area contributed by atoms with Crippen LogP contribution in [0.4, 0.5) is 4.39 Å². The van der Waals surface area contributed by atoms with Gasteiger partial charge in [-0.3, -0.25) is 4.79 Å². The van der Waals surface area contributed by atoms with Crippen molar-refractivity contribution in [2.45, 2.75) is 56.6 Å². The van der Waals surface area contributed by atoms with Gasteiger partial charge in [-0.25, -0.2) is 4.39 Å². The maximum Gasteiger partial charge on any atom is 0.217 e. The number of rotatable bonds is 7. The molecule has 4 rings (SSSR count). The van der Waals surface area contributed by atoms with Gasteiger partial charge in [-0.05, 0) is 35.1 Å². The van der Waals surface area contributed by atoms with Crippen LogP contribution in [0.2, 0.25) is 0 Å². The average molecular weight is 459 g/mol. The fourth-order valence-electron chi connectivity index (χ4n) is 5.60. The molecule has 2 heterocycles. The van der Waals surface area contributed by atoms with Crippen LogP contribution in [0.3, 0.4) is 0 Å². The summed E-state index contributed by atoms with van der Waals surface area (Å²) in [5.74, 6) is -0.492. The van der Waals surface area contributed by atoms with E-state index in [-0.39, 0.29) is 17.6 Å². The highest BCUT2D eigenvalue weighted by Crippen LogP contribution is 2.42. The van der Waals surface area contributed by atoms with Crippen molar-refractivity contribution in [1.29, 1.82) is 0 Å². The molecule has 1 amide bonds. The largest absolute Gasteiger partial charge is 0.838 e. The van der Waals surface area contributed by atoms with Crippen LogP contribution in [0.5, 0.6) is 0 Å². The second kappa shape index (κ2) is 9.62. The van der Waals surface area contributed by atoms with Crippen LogP contribution in [0.1, 0.15) is 49.0 Å². The van der Waals surface area contributed by atoms with E-state index in [1.54, 1.807) is 12.1 Å². The molecule has 2 aromatic rings. The Hall–Kier alpha value is -1.76. The van der Waals surface area contributed by atoms with E-state index in [1.165, 1.54) is 17.4 Å². The molecule has 1 aromatic carbocycles. The minimum atomic E-state index is -1.63. The van der Waals surface area contributed by atoms with Crippen molar-refractivity contribution in [2.24, 2.45) is 5.92 Å². The summed E-state index contributed by atoms with van der Waals surface area (Å²) in [7, 11) is 4.45. The van der Waals surface area contributed by atoms with Gasteiger partial charge in [-0.2, -0.15) is 0 Å². The zero-order valence-electron chi connectivity index (χ0n) is 19.3. The number of carbonyl (C=O) groups excluding carboxylic acids is 1. The second-order valence-corrected chi connectivity index (χ2v) is 11.0. The van der Waals surface area contributed by atoms with Crippen molar-refractivity contribution < 1.29 is 18.8 Å². The van der Waals surface area contributed by atoms with Gasteiger partial charge in [-0.1, -0.05) is 43.9 Å². The highest BCUT2D eigenvalue weighted by Gasteiger charge is 2.43. The maximum atomic E-state index is 14.1. The van der Waals surface area contributed by atoms with Crippen molar-refractivity contribution in [3.8, 4) is 0 Å². The number of thiophene rings is 1. The topological polar surface area (TPSA) is 43.4 Å². The van der Waals surface area contributed by atoms with Gasteiger partial charge in [0.25, 0.3) is 0 Å². The molecule has 0 N–H and O–H groups in total. The molecular formula is C26H35FN2O2S. The summed E-state index contributed by atoms with van der Waals surface area (Å²) in [4.78, 5) is 16.1. The van der Waals surface area contributed by atoms with Gasteiger partial charge in [0.15, 0.2) is 0 Å². The number of halogens is 1. The minimum Gasteiger partial charge on any atom is -0.838 e. The molecule has 32 heavy (non-hydrogen) atoms. The minimum absolute atomic E-state index is 0.0927. The number of carbonyl (C=O) groups is 1. The molecule has 0 radical (unpaired) electrons. The van der Waals surface area contributed by atoms with Crippen molar-refractivity contribution in [2.75, 3.05) is 33.7 Å². The first kappa shape index (κ1) is 23.4. The molecule has 0 bridgehead atoms. The summed E-state index contributed by atoms with van der Waals surface area (Å²) >= 11 is 1.43. The summed E-state index contributed by atoms with van der Waals surface area (Å²) in [5.41, 5.74) is -0.605. The Morgan fingerprint density at radius 3 is 2.50 bits per heavy atom. The molecule has 1 saturated heterocycles. The Morgan fingerprint density at radius 2 is 1.88 bits per heavy atom. The van der Waals surface area contributed by atoms with Crippen LogP contribution in [0.15, 0.2) is 41.8 Å². The molecule has 4 nitrogen and oxygen atoms in total. The fraction of sp³-hybridized carbons (Fsp3) is 0.577. The maximum absolute atomic E-state index is 14.1. The highest BCUT2D eigenvalue weighted by atomic mass is 32.1. The lowest BCUT2D eigenvalue weighted by Gasteiger charge is -2.49. The van der Waals surface area contributed by atoms with E-state index in [1.807, 2.05) is 28.5 Å². The molecule has 174 valence electrons. The summed E-state index contributed by atoms with van der Waals surface area (Å²) in [5, 5.41) is 16.0. The summed E-state index contributed by atoms with van der Waals surface area (Å²) in [6.07, 6.45) is 6.42. The van der Waals surface area contributed by atoms with Crippen LogP contribution in [0, 0.1) is 11.7 Å². The van der Waals surface area contributed by atoms with Gasteiger partial charge >= 0.3 is 0 Å². The third-order valence-corrected chi connectivity index (χ3v) is 8.73. The zero-order chi connectivity index (χ0) is 22.8. The van der Waals surface area contributed by atoms with Crippen LogP contribution in [-0.4, -0.2) is 55.1 Å². The fourth-order valence-corrected chi connectivity index (χ4v) is 6.49. The number of quaternary nitrogens is 1. The highest BCUT2D eigenvalue weighted by molar-refractivity contribution is 7.10. The molecule has 1 aliphatic heterocycles. The monoisotopic (exact) mass is 458 g/mol. The first-order valence-corrected chi connectivity index (χ1v) is 12.8. The van der Waals surface area contributed by atoms with Crippen molar-refractivity contribution in [3.63, 3.8) is 0 Å². The number of likely N-dealkylation sites (N-methyl/N-ethyl adjacent to an activating group) is 1. The van der Waals surface area contributed by atoms with E-state index in [9.17, 15) is 14.3 Å². The third-order valence-electron chi connectivity index (χ3n) is 7.74. The Labute approximate surface area is 195 Å². The number of nitrogens with zero attached hydrogens (tertiary/aromatic N) is 2. The van der Waals surface area contributed by atoms with E-state index in [2.05, 4.69) is 14.1 Å². The number of benzene rings is 1. The third kappa shape index (κ3) is 4.78. The van der Waals surface area contributed by atoms with Crippen LogP contribution < -0.4 is 5.11 Å². The Kier molecular flexibility index (Phi) is 7.03. The van der Waals surface area contributed by atoms with Gasteiger partial charge in [0, 0.05) is 42.8 Å². The Balaban J connectivity index is 1.39. The van der Waals surface area contributed by atoms with Gasteiger partial charge in [0.05, 0.1) is 26.7 Å². The molecule has 1 saturated carbocycles. The lowest BCUT2D eigenvalue weighted by molar-refractivity contribution is -0.916. The zero-order valence-corrected chi connectivity index (χ0v) is 20.1. The molecule has 1 unspecified atom stereocenters.